The summed E-state index contributed by atoms with van der Waals surface area (Å²) in [4.78, 5) is 14.1. The second kappa shape index (κ2) is 9.31. The van der Waals surface area contributed by atoms with Crippen molar-refractivity contribution in [3.05, 3.63) is 58.9 Å². The van der Waals surface area contributed by atoms with Crippen molar-refractivity contribution in [2.24, 2.45) is 0 Å². The molecule has 0 aromatic heterocycles. The van der Waals surface area contributed by atoms with Gasteiger partial charge in [-0.15, -0.1) is 0 Å². The number of amides is 1. The highest BCUT2D eigenvalue weighted by Crippen LogP contribution is 2.32. The van der Waals surface area contributed by atoms with Gasteiger partial charge in [0, 0.05) is 0 Å². The molecule has 0 unspecified atom stereocenters. The van der Waals surface area contributed by atoms with E-state index in [1.54, 1.807) is 13.0 Å². The third-order valence-electron chi connectivity index (χ3n) is 4.68. The molecule has 1 aliphatic rings. The third-order valence-corrected chi connectivity index (χ3v) is 4.68. The van der Waals surface area contributed by atoms with E-state index in [2.05, 4.69) is 5.32 Å². The zero-order chi connectivity index (χ0) is 21.8. The number of rotatable bonds is 5. The van der Waals surface area contributed by atoms with Crippen LogP contribution in [-0.2, 0) is 0 Å². The van der Waals surface area contributed by atoms with E-state index in [1.165, 1.54) is 17.0 Å². The second-order valence-electron chi connectivity index (χ2n) is 7.03. The molecule has 0 atom stereocenters. The maximum absolute atomic E-state index is 14.4. The summed E-state index contributed by atoms with van der Waals surface area (Å²) in [6.07, 6.45) is 1.32. The van der Waals surface area contributed by atoms with E-state index < -0.39 is 34.6 Å². The number of β-amino-alcohol motifs (C(OH)–C–C–N with tert-alkyl or cyclic N) is 1. The molecule has 2 aromatic carbocycles. The Morgan fingerprint density at radius 3 is 2.38 bits per heavy atom. The fraction of sp³-hybridized carbons (Fsp3) is 0.409. The Balaban J connectivity index is 0.00000145. The Labute approximate surface area is 169 Å². The van der Waals surface area contributed by atoms with Gasteiger partial charge >= 0.3 is 0 Å². The van der Waals surface area contributed by atoms with E-state index in [-0.39, 0.29) is 24.3 Å². The van der Waals surface area contributed by atoms with Crippen molar-refractivity contribution < 1.29 is 23.1 Å². The van der Waals surface area contributed by atoms with Gasteiger partial charge in [-0.2, -0.15) is 0 Å². The van der Waals surface area contributed by atoms with Gasteiger partial charge in [0.25, 0.3) is 5.91 Å². The molecule has 7 heteroatoms. The van der Waals surface area contributed by atoms with E-state index in [9.17, 15) is 23.1 Å². The molecule has 2 N–H and O–H groups in total. The molecular formula is C22H27F3N2O2. The van der Waals surface area contributed by atoms with Crippen molar-refractivity contribution in [1.29, 1.82) is 0 Å². The van der Waals surface area contributed by atoms with Gasteiger partial charge in [-0.25, -0.2) is 13.2 Å². The average Bonchev–Trinajstić information content (AvgIpc) is 2.66. The Morgan fingerprint density at radius 1 is 1.14 bits per heavy atom. The molecular weight excluding hydrogens is 381 g/mol. The van der Waals surface area contributed by atoms with Crippen LogP contribution in [0.25, 0.3) is 0 Å². The van der Waals surface area contributed by atoms with Crippen molar-refractivity contribution in [2.45, 2.75) is 46.1 Å². The number of nitrogens with zero attached hydrogens (tertiary/aromatic N) is 1. The summed E-state index contributed by atoms with van der Waals surface area (Å²) in [6, 6.07) is 6.28. The normalized spacial score (nSPS) is 14.6. The summed E-state index contributed by atoms with van der Waals surface area (Å²) in [7, 11) is 0. The lowest BCUT2D eigenvalue weighted by molar-refractivity contribution is -0.0859. The first kappa shape index (κ1) is 22.7. The highest BCUT2D eigenvalue weighted by Gasteiger charge is 2.43. The molecule has 1 amide bonds. The molecule has 0 spiro atoms. The lowest BCUT2D eigenvalue weighted by Gasteiger charge is -2.46. The molecule has 158 valence electrons. The van der Waals surface area contributed by atoms with Crippen LogP contribution in [-0.4, -0.2) is 34.6 Å². The number of likely N-dealkylation sites (tertiary alicyclic amines) is 1. The molecule has 4 nitrogen and oxygen atoms in total. The van der Waals surface area contributed by atoms with Gasteiger partial charge in [0.2, 0.25) is 0 Å². The molecule has 3 rings (SSSR count). The average molecular weight is 408 g/mol. The van der Waals surface area contributed by atoms with Crippen molar-refractivity contribution in [3.8, 4) is 0 Å². The fourth-order valence-corrected chi connectivity index (χ4v) is 3.31. The number of halogens is 3. The number of hydrogen-bond acceptors (Lipinski definition) is 3. The number of anilines is 2. The largest absolute Gasteiger partial charge is 0.386 e. The molecule has 29 heavy (non-hydrogen) atoms. The summed E-state index contributed by atoms with van der Waals surface area (Å²) in [5.74, 6) is -3.60. The zero-order valence-corrected chi connectivity index (χ0v) is 17.2. The Bertz CT molecular complexity index is 881. The topological polar surface area (TPSA) is 52.6 Å². The van der Waals surface area contributed by atoms with E-state index in [0.29, 0.717) is 12.0 Å². The minimum absolute atomic E-state index is 0.0646. The van der Waals surface area contributed by atoms with Crippen LogP contribution >= 0.6 is 0 Å². The monoisotopic (exact) mass is 408 g/mol. The Morgan fingerprint density at radius 2 is 1.79 bits per heavy atom. The van der Waals surface area contributed by atoms with Crippen LogP contribution in [0.2, 0.25) is 0 Å². The minimum atomic E-state index is -1.26. The van der Waals surface area contributed by atoms with Gasteiger partial charge < -0.3 is 15.3 Å². The maximum Gasteiger partial charge on any atom is 0.256 e. The van der Waals surface area contributed by atoms with Crippen LogP contribution in [0.15, 0.2) is 30.3 Å². The van der Waals surface area contributed by atoms with Crippen LogP contribution in [0, 0.1) is 24.4 Å². The third kappa shape index (κ3) is 4.90. The van der Waals surface area contributed by atoms with E-state index >= 15 is 0 Å². The summed E-state index contributed by atoms with van der Waals surface area (Å²) in [6.45, 7) is 7.87. The van der Waals surface area contributed by atoms with Crippen molar-refractivity contribution in [1.82, 2.24) is 4.90 Å². The second-order valence-corrected chi connectivity index (χ2v) is 7.03. The van der Waals surface area contributed by atoms with Gasteiger partial charge in [-0.1, -0.05) is 33.3 Å². The molecule has 0 bridgehead atoms. The Kier molecular flexibility index (Phi) is 7.30. The van der Waals surface area contributed by atoms with Crippen molar-refractivity contribution in [3.63, 3.8) is 0 Å². The minimum Gasteiger partial charge on any atom is -0.386 e. The summed E-state index contributed by atoms with van der Waals surface area (Å²) < 4.78 is 42.3. The zero-order valence-electron chi connectivity index (χ0n) is 17.2. The molecule has 1 heterocycles. The first-order chi connectivity index (χ1) is 13.7. The fourth-order valence-electron chi connectivity index (χ4n) is 3.31. The Hall–Kier alpha value is -2.54. The number of benzene rings is 2. The lowest BCUT2D eigenvalue weighted by atomic mass is 9.88. The van der Waals surface area contributed by atoms with E-state index in [0.717, 1.165) is 18.6 Å². The van der Waals surface area contributed by atoms with Crippen LogP contribution in [0.3, 0.4) is 0 Å². The van der Waals surface area contributed by atoms with E-state index in [4.69, 9.17) is 0 Å². The van der Waals surface area contributed by atoms with Crippen LogP contribution < -0.4 is 5.32 Å². The number of carbonyl (C=O) groups is 1. The highest BCUT2D eigenvalue weighted by molar-refractivity contribution is 6.01. The molecule has 0 radical (unpaired) electrons. The predicted molar refractivity (Wildman–Crippen MR) is 108 cm³/mol. The van der Waals surface area contributed by atoms with Crippen LogP contribution in [0.5, 0.6) is 0 Å². The molecule has 2 aromatic rings. The standard InChI is InChI=1S/C20H21F3N2O2.C2H6/c1-3-8-20(27)10-25(11-20)19(26)13-5-6-14(21)17(23)18(13)24-16-7-4-12(2)9-15(16)22;1-2/h4-7,9,24,27H,3,8,10-11H2,1-2H3;1-2H3. The number of aryl methyl sites for hydroxylation is 1. The van der Waals surface area contributed by atoms with E-state index in [1.807, 2.05) is 20.8 Å². The molecule has 0 saturated carbocycles. The van der Waals surface area contributed by atoms with Gasteiger partial charge in [-0.05, 0) is 43.2 Å². The molecule has 1 aliphatic heterocycles. The molecule has 1 fully saturated rings. The highest BCUT2D eigenvalue weighted by atomic mass is 19.2. The van der Waals surface area contributed by atoms with Crippen molar-refractivity contribution >= 4 is 17.3 Å². The summed E-state index contributed by atoms with van der Waals surface area (Å²) in [5.41, 5.74) is -0.879. The van der Waals surface area contributed by atoms with Gasteiger partial charge in [0.1, 0.15) is 5.82 Å². The first-order valence-electron chi connectivity index (χ1n) is 9.77. The van der Waals surface area contributed by atoms with Gasteiger partial charge in [0.05, 0.1) is 35.6 Å². The summed E-state index contributed by atoms with van der Waals surface area (Å²) >= 11 is 0. The summed E-state index contributed by atoms with van der Waals surface area (Å²) in [5, 5.41) is 12.8. The van der Waals surface area contributed by atoms with Gasteiger partial charge in [0.15, 0.2) is 11.6 Å². The lowest BCUT2D eigenvalue weighted by Crippen LogP contribution is -2.63. The van der Waals surface area contributed by atoms with Crippen LogP contribution in [0.4, 0.5) is 24.5 Å². The number of nitrogens with one attached hydrogen (secondary N) is 1. The maximum atomic E-state index is 14.4. The number of aliphatic hydroxyl groups is 1. The number of carbonyl (C=O) groups excluding carboxylic acids is 1. The SMILES string of the molecule is CC.CCCC1(O)CN(C(=O)c2ccc(F)c(F)c2Nc2ccc(C)cc2F)C1. The number of hydrogen-bond donors (Lipinski definition) is 2. The smallest absolute Gasteiger partial charge is 0.256 e. The molecule has 1 saturated heterocycles. The van der Waals surface area contributed by atoms with Gasteiger partial charge in [-0.3, -0.25) is 4.79 Å². The van der Waals surface area contributed by atoms with Crippen molar-refractivity contribution in [2.75, 3.05) is 18.4 Å². The first-order valence-corrected chi connectivity index (χ1v) is 9.77. The molecule has 0 aliphatic carbocycles. The quantitative estimate of drug-likeness (QED) is 0.718. The van der Waals surface area contributed by atoms with Crippen LogP contribution in [0.1, 0.15) is 49.5 Å². The predicted octanol–water partition coefficient (Wildman–Crippen LogP) is 5.17.